The number of para-hydroxylation sites is 1. The Morgan fingerprint density at radius 2 is 1.85 bits per heavy atom. The van der Waals surface area contributed by atoms with Gasteiger partial charge in [0.15, 0.2) is 0 Å². The number of aromatic nitrogens is 1. The first-order valence-electron chi connectivity index (χ1n) is 5.50. The molecule has 20 heavy (non-hydrogen) atoms. The van der Waals surface area contributed by atoms with Crippen molar-refractivity contribution in [2.24, 2.45) is 0 Å². The van der Waals surface area contributed by atoms with E-state index in [0.29, 0.717) is 0 Å². The summed E-state index contributed by atoms with van der Waals surface area (Å²) in [5.74, 6) is -0.472. The first-order valence-corrected chi connectivity index (χ1v) is 5.88. The van der Waals surface area contributed by atoms with Gasteiger partial charge in [-0.15, -0.1) is 13.2 Å². The summed E-state index contributed by atoms with van der Waals surface area (Å²) in [5, 5.41) is 10.3. The molecule has 0 fully saturated rings. The van der Waals surface area contributed by atoms with Crippen LogP contribution in [0.15, 0.2) is 42.7 Å². The van der Waals surface area contributed by atoms with Crippen LogP contribution in [0.25, 0.3) is 0 Å². The molecule has 0 bridgehead atoms. The first kappa shape index (κ1) is 14.6. The molecule has 1 aromatic heterocycles. The van der Waals surface area contributed by atoms with Crippen LogP contribution in [-0.4, -0.2) is 16.5 Å². The molecule has 7 heteroatoms. The summed E-state index contributed by atoms with van der Waals surface area (Å²) in [6, 6.07) is 6.77. The highest BCUT2D eigenvalue weighted by Gasteiger charge is 2.33. The lowest BCUT2D eigenvalue weighted by Gasteiger charge is -2.18. The van der Waals surface area contributed by atoms with Crippen molar-refractivity contribution >= 4 is 11.6 Å². The van der Waals surface area contributed by atoms with E-state index in [1.807, 2.05) is 0 Å². The number of aliphatic hydroxyl groups excluding tert-OH is 1. The lowest BCUT2D eigenvalue weighted by atomic mass is 10.0. The van der Waals surface area contributed by atoms with Gasteiger partial charge in [-0.05, 0) is 12.1 Å². The molecular formula is C13H9ClF3NO2. The Bertz CT molecular complexity index is 604. The van der Waals surface area contributed by atoms with E-state index in [0.717, 1.165) is 6.07 Å². The van der Waals surface area contributed by atoms with Gasteiger partial charge in [-0.1, -0.05) is 29.8 Å². The normalized spacial score (nSPS) is 13.1. The summed E-state index contributed by atoms with van der Waals surface area (Å²) in [7, 11) is 0. The molecule has 0 aliphatic rings. The Hall–Kier alpha value is -1.79. The molecule has 0 amide bonds. The Morgan fingerprint density at radius 1 is 1.15 bits per heavy atom. The van der Waals surface area contributed by atoms with Crippen molar-refractivity contribution < 1.29 is 23.0 Å². The highest BCUT2D eigenvalue weighted by atomic mass is 35.5. The van der Waals surface area contributed by atoms with Gasteiger partial charge in [-0.25, -0.2) is 0 Å². The number of nitrogens with zero attached hydrogens (tertiary/aromatic N) is 1. The van der Waals surface area contributed by atoms with Gasteiger partial charge in [-0.3, -0.25) is 4.98 Å². The van der Waals surface area contributed by atoms with Crippen LogP contribution < -0.4 is 4.74 Å². The van der Waals surface area contributed by atoms with Crippen LogP contribution in [-0.2, 0) is 0 Å². The van der Waals surface area contributed by atoms with Crippen molar-refractivity contribution in [1.82, 2.24) is 4.98 Å². The van der Waals surface area contributed by atoms with Crippen LogP contribution >= 0.6 is 11.6 Å². The van der Waals surface area contributed by atoms with Crippen molar-refractivity contribution in [3.8, 4) is 5.75 Å². The van der Waals surface area contributed by atoms with E-state index in [1.165, 1.54) is 36.7 Å². The van der Waals surface area contributed by atoms with Gasteiger partial charge in [-0.2, -0.15) is 0 Å². The Balaban J connectivity index is 2.40. The van der Waals surface area contributed by atoms with Gasteiger partial charge in [0.2, 0.25) is 0 Å². The van der Waals surface area contributed by atoms with E-state index in [2.05, 4.69) is 9.72 Å². The Kier molecular flexibility index (Phi) is 4.15. The number of benzene rings is 1. The predicted octanol–water partition coefficient (Wildman–Crippen LogP) is 3.72. The van der Waals surface area contributed by atoms with Crippen LogP contribution in [0.4, 0.5) is 13.2 Å². The summed E-state index contributed by atoms with van der Waals surface area (Å²) in [6.45, 7) is 0. The fourth-order valence-corrected chi connectivity index (χ4v) is 1.92. The molecule has 106 valence electrons. The summed E-state index contributed by atoms with van der Waals surface area (Å²) < 4.78 is 40.9. The third-order valence-electron chi connectivity index (χ3n) is 2.54. The molecular weight excluding hydrogens is 295 g/mol. The second-order valence-corrected chi connectivity index (χ2v) is 4.29. The lowest BCUT2D eigenvalue weighted by molar-refractivity contribution is -0.275. The number of aliphatic hydroxyl groups is 1. The van der Waals surface area contributed by atoms with Crippen molar-refractivity contribution in [2.45, 2.75) is 12.5 Å². The number of hydrogen-bond acceptors (Lipinski definition) is 3. The lowest BCUT2D eigenvalue weighted by Crippen LogP contribution is -2.19. The maximum absolute atomic E-state index is 12.3. The quantitative estimate of drug-likeness (QED) is 0.940. The maximum atomic E-state index is 12.3. The number of hydrogen-bond donors (Lipinski definition) is 1. The van der Waals surface area contributed by atoms with Gasteiger partial charge in [0.1, 0.15) is 11.9 Å². The standard InChI is InChI=1S/C13H9ClF3NO2/c14-10-7-18-6-5-8(10)12(19)9-3-1-2-4-11(9)20-13(15,16)17/h1-7,12,19H. The van der Waals surface area contributed by atoms with Gasteiger partial charge < -0.3 is 9.84 Å². The monoisotopic (exact) mass is 303 g/mol. The minimum absolute atomic E-state index is 0.0297. The van der Waals surface area contributed by atoms with E-state index in [-0.39, 0.29) is 16.1 Å². The van der Waals surface area contributed by atoms with E-state index < -0.39 is 18.2 Å². The van der Waals surface area contributed by atoms with Crippen LogP contribution in [0, 0.1) is 0 Å². The third-order valence-corrected chi connectivity index (χ3v) is 2.85. The van der Waals surface area contributed by atoms with Crippen molar-refractivity contribution in [2.75, 3.05) is 0 Å². The molecule has 3 nitrogen and oxygen atoms in total. The number of pyridine rings is 1. The van der Waals surface area contributed by atoms with E-state index in [9.17, 15) is 18.3 Å². The molecule has 1 heterocycles. The molecule has 1 unspecified atom stereocenters. The fourth-order valence-electron chi connectivity index (χ4n) is 1.70. The molecule has 2 aromatic rings. The molecule has 0 radical (unpaired) electrons. The molecule has 2 rings (SSSR count). The van der Waals surface area contributed by atoms with Gasteiger partial charge >= 0.3 is 6.36 Å². The van der Waals surface area contributed by atoms with Gasteiger partial charge in [0, 0.05) is 23.5 Å². The smallest absolute Gasteiger partial charge is 0.405 e. The summed E-state index contributed by atoms with van der Waals surface area (Å²) in [6.07, 6.45) is -3.49. The number of rotatable bonds is 3. The minimum atomic E-state index is -4.84. The Labute approximate surface area is 117 Å². The minimum Gasteiger partial charge on any atom is -0.405 e. The number of halogens is 4. The van der Waals surface area contributed by atoms with Gasteiger partial charge in [0.05, 0.1) is 5.02 Å². The zero-order valence-corrected chi connectivity index (χ0v) is 10.7. The Morgan fingerprint density at radius 3 is 2.50 bits per heavy atom. The highest BCUT2D eigenvalue weighted by Crippen LogP contribution is 2.35. The largest absolute Gasteiger partial charge is 0.573 e. The maximum Gasteiger partial charge on any atom is 0.573 e. The molecule has 1 aromatic carbocycles. The molecule has 1 N–H and O–H groups in total. The third kappa shape index (κ3) is 3.40. The zero-order valence-electron chi connectivity index (χ0n) is 9.93. The fraction of sp³-hybridized carbons (Fsp3) is 0.154. The molecule has 0 spiro atoms. The predicted molar refractivity (Wildman–Crippen MR) is 66.4 cm³/mol. The second-order valence-electron chi connectivity index (χ2n) is 3.89. The summed E-state index contributed by atoms with van der Waals surface area (Å²) >= 11 is 5.87. The highest BCUT2D eigenvalue weighted by molar-refractivity contribution is 6.31. The molecule has 0 aliphatic heterocycles. The van der Waals surface area contributed by atoms with E-state index in [4.69, 9.17) is 11.6 Å². The van der Waals surface area contributed by atoms with Crippen molar-refractivity contribution in [3.63, 3.8) is 0 Å². The first-order chi connectivity index (χ1) is 9.38. The molecule has 0 saturated carbocycles. The summed E-state index contributed by atoms with van der Waals surface area (Å²) in [4.78, 5) is 3.75. The average Bonchev–Trinajstić information content (AvgIpc) is 2.37. The SMILES string of the molecule is OC(c1ccncc1Cl)c1ccccc1OC(F)(F)F. The topological polar surface area (TPSA) is 42.4 Å². The van der Waals surface area contributed by atoms with Gasteiger partial charge in [0.25, 0.3) is 0 Å². The van der Waals surface area contributed by atoms with E-state index >= 15 is 0 Å². The molecule has 0 saturated heterocycles. The summed E-state index contributed by atoms with van der Waals surface area (Å²) in [5.41, 5.74) is 0.220. The zero-order chi connectivity index (χ0) is 14.8. The number of alkyl halides is 3. The average molecular weight is 304 g/mol. The van der Waals surface area contributed by atoms with Crippen LogP contribution in [0.5, 0.6) is 5.75 Å². The van der Waals surface area contributed by atoms with Crippen LogP contribution in [0.1, 0.15) is 17.2 Å². The van der Waals surface area contributed by atoms with Crippen molar-refractivity contribution in [1.29, 1.82) is 0 Å². The number of ether oxygens (including phenoxy) is 1. The van der Waals surface area contributed by atoms with E-state index in [1.54, 1.807) is 0 Å². The van der Waals surface area contributed by atoms with Crippen LogP contribution in [0.3, 0.4) is 0 Å². The molecule has 0 aliphatic carbocycles. The van der Waals surface area contributed by atoms with Crippen molar-refractivity contribution in [3.05, 3.63) is 58.9 Å². The van der Waals surface area contributed by atoms with Crippen LogP contribution in [0.2, 0.25) is 5.02 Å². The second kappa shape index (κ2) is 5.68. The molecule has 1 atom stereocenters.